The zero-order valence-electron chi connectivity index (χ0n) is 9.65. The van der Waals surface area contributed by atoms with Gasteiger partial charge in [0.25, 0.3) is 0 Å². The van der Waals surface area contributed by atoms with Gasteiger partial charge in [0.15, 0.2) is 5.13 Å². The van der Waals surface area contributed by atoms with Gasteiger partial charge in [0.2, 0.25) is 0 Å². The molecule has 0 aliphatic rings. The number of rotatable bonds is 2. The van der Waals surface area contributed by atoms with Gasteiger partial charge in [-0.05, 0) is 36.4 Å². The lowest BCUT2D eigenvalue weighted by atomic mass is 10.3. The fourth-order valence-electron chi connectivity index (χ4n) is 1.70. The number of thiazole rings is 1. The number of hydrogen-bond donors (Lipinski definition) is 2. The van der Waals surface area contributed by atoms with E-state index in [2.05, 4.69) is 10.3 Å². The molecule has 3 rings (SSSR count). The molecule has 1 aromatic heterocycles. The van der Waals surface area contributed by atoms with Crippen molar-refractivity contribution in [3.05, 3.63) is 47.2 Å². The van der Waals surface area contributed by atoms with Crippen molar-refractivity contribution in [3.8, 4) is 0 Å². The third kappa shape index (κ3) is 2.47. The van der Waals surface area contributed by atoms with Gasteiger partial charge in [0.1, 0.15) is 5.82 Å². The molecule has 3 N–H and O–H groups in total. The number of aromatic nitrogens is 1. The van der Waals surface area contributed by atoms with E-state index in [0.717, 1.165) is 10.2 Å². The zero-order chi connectivity index (χ0) is 13.4. The molecule has 0 spiro atoms. The Bertz CT molecular complexity index is 757. The molecule has 0 aliphatic heterocycles. The highest BCUT2D eigenvalue weighted by atomic mass is 35.5. The summed E-state index contributed by atoms with van der Waals surface area (Å²) in [5.41, 5.74) is 7.90. The molecule has 0 bridgehead atoms. The van der Waals surface area contributed by atoms with Crippen LogP contribution in [-0.4, -0.2) is 4.98 Å². The molecule has 0 atom stereocenters. The molecule has 0 fully saturated rings. The molecule has 0 aliphatic carbocycles. The predicted octanol–water partition coefficient (Wildman–Crippen LogP) is 4.41. The Morgan fingerprint density at radius 2 is 2.05 bits per heavy atom. The van der Waals surface area contributed by atoms with Gasteiger partial charge in [-0.3, -0.25) is 0 Å². The molecule has 6 heteroatoms. The molecular weight excluding hydrogens is 285 g/mol. The minimum atomic E-state index is -0.368. The van der Waals surface area contributed by atoms with Crippen LogP contribution in [0.3, 0.4) is 0 Å². The predicted molar refractivity (Wildman–Crippen MR) is 78.7 cm³/mol. The smallest absolute Gasteiger partial charge is 0.188 e. The van der Waals surface area contributed by atoms with Crippen LogP contribution in [0.15, 0.2) is 36.4 Å². The summed E-state index contributed by atoms with van der Waals surface area (Å²) >= 11 is 7.42. The van der Waals surface area contributed by atoms with Crippen LogP contribution in [0.2, 0.25) is 5.02 Å². The van der Waals surface area contributed by atoms with Crippen LogP contribution in [0.25, 0.3) is 10.2 Å². The highest BCUT2D eigenvalue weighted by Crippen LogP contribution is 2.32. The second kappa shape index (κ2) is 4.68. The lowest BCUT2D eigenvalue weighted by Gasteiger charge is -2.04. The molecule has 3 aromatic rings. The van der Waals surface area contributed by atoms with E-state index in [1.165, 1.54) is 23.5 Å². The SMILES string of the molecule is Nc1ccc2nc(Nc3ccc(F)cc3Cl)sc2c1. The standard InChI is InChI=1S/C13H9ClFN3S/c14-9-5-7(15)1-3-10(9)17-13-18-11-4-2-8(16)6-12(11)19-13/h1-6H,16H2,(H,17,18). The van der Waals surface area contributed by atoms with E-state index in [9.17, 15) is 4.39 Å². The Kier molecular flexibility index (Phi) is 3.00. The molecular formula is C13H9ClFN3S. The van der Waals surface area contributed by atoms with E-state index in [4.69, 9.17) is 17.3 Å². The molecule has 96 valence electrons. The van der Waals surface area contributed by atoms with Gasteiger partial charge in [-0.15, -0.1) is 0 Å². The van der Waals surface area contributed by atoms with Crippen molar-refractivity contribution >= 4 is 49.7 Å². The highest BCUT2D eigenvalue weighted by Gasteiger charge is 2.07. The van der Waals surface area contributed by atoms with Crippen molar-refractivity contribution in [3.63, 3.8) is 0 Å². The minimum absolute atomic E-state index is 0.318. The first-order valence-corrected chi connectivity index (χ1v) is 6.69. The van der Waals surface area contributed by atoms with Crippen molar-refractivity contribution in [1.29, 1.82) is 0 Å². The third-order valence-corrected chi connectivity index (χ3v) is 3.83. The lowest BCUT2D eigenvalue weighted by Crippen LogP contribution is -1.90. The van der Waals surface area contributed by atoms with Crippen molar-refractivity contribution in [2.45, 2.75) is 0 Å². The number of anilines is 3. The molecule has 0 saturated heterocycles. The molecule has 2 aromatic carbocycles. The maximum Gasteiger partial charge on any atom is 0.188 e. The van der Waals surface area contributed by atoms with E-state index in [1.54, 1.807) is 12.1 Å². The largest absolute Gasteiger partial charge is 0.399 e. The number of halogens is 2. The summed E-state index contributed by atoms with van der Waals surface area (Å²) in [5, 5.41) is 4.08. The van der Waals surface area contributed by atoms with Crippen molar-refractivity contribution < 1.29 is 4.39 Å². The van der Waals surface area contributed by atoms with Crippen molar-refractivity contribution in [2.75, 3.05) is 11.1 Å². The Morgan fingerprint density at radius 3 is 2.84 bits per heavy atom. The summed E-state index contributed by atoms with van der Waals surface area (Å²) in [6, 6.07) is 9.71. The minimum Gasteiger partial charge on any atom is -0.399 e. The second-order valence-electron chi connectivity index (χ2n) is 4.00. The van der Waals surface area contributed by atoms with Gasteiger partial charge in [0, 0.05) is 5.69 Å². The number of nitrogens with one attached hydrogen (secondary N) is 1. The van der Waals surface area contributed by atoms with Gasteiger partial charge in [-0.1, -0.05) is 22.9 Å². The fourth-order valence-corrected chi connectivity index (χ4v) is 2.84. The van der Waals surface area contributed by atoms with Crippen LogP contribution in [0.4, 0.5) is 20.9 Å². The van der Waals surface area contributed by atoms with Crippen LogP contribution in [0.1, 0.15) is 0 Å². The topological polar surface area (TPSA) is 50.9 Å². The summed E-state index contributed by atoms with van der Waals surface area (Å²) in [5.74, 6) is -0.368. The average molecular weight is 294 g/mol. The monoisotopic (exact) mass is 293 g/mol. The quantitative estimate of drug-likeness (QED) is 0.688. The molecule has 0 unspecified atom stereocenters. The van der Waals surface area contributed by atoms with Crippen LogP contribution >= 0.6 is 22.9 Å². The Morgan fingerprint density at radius 1 is 1.21 bits per heavy atom. The van der Waals surface area contributed by atoms with Crippen LogP contribution in [-0.2, 0) is 0 Å². The molecule has 0 saturated carbocycles. The van der Waals surface area contributed by atoms with Gasteiger partial charge in [-0.2, -0.15) is 0 Å². The summed E-state index contributed by atoms with van der Waals surface area (Å²) in [6.07, 6.45) is 0. The van der Waals surface area contributed by atoms with Gasteiger partial charge < -0.3 is 11.1 Å². The maximum absolute atomic E-state index is 13.0. The summed E-state index contributed by atoms with van der Waals surface area (Å²) in [4.78, 5) is 4.41. The summed E-state index contributed by atoms with van der Waals surface area (Å²) in [6.45, 7) is 0. The lowest BCUT2D eigenvalue weighted by molar-refractivity contribution is 0.628. The molecule has 1 heterocycles. The first kappa shape index (κ1) is 12.2. The number of nitrogen functional groups attached to an aromatic ring is 1. The van der Waals surface area contributed by atoms with Crippen molar-refractivity contribution in [2.24, 2.45) is 0 Å². The number of nitrogens with two attached hydrogens (primary N) is 1. The van der Waals surface area contributed by atoms with E-state index in [0.29, 0.717) is 21.5 Å². The number of nitrogens with zero attached hydrogens (tertiary/aromatic N) is 1. The van der Waals surface area contributed by atoms with Gasteiger partial charge >= 0.3 is 0 Å². The van der Waals surface area contributed by atoms with Crippen LogP contribution in [0, 0.1) is 5.82 Å². The normalized spacial score (nSPS) is 10.8. The zero-order valence-corrected chi connectivity index (χ0v) is 11.2. The highest BCUT2D eigenvalue weighted by molar-refractivity contribution is 7.22. The average Bonchev–Trinajstić information content (AvgIpc) is 2.74. The van der Waals surface area contributed by atoms with Gasteiger partial charge in [-0.25, -0.2) is 9.37 Å². The Hall–Kier alpha value is -1.85. The van der Waals surface area contributed by atoms with Crippen LogP contribution < -0.4 is 11.1 Å². The maximum atomic E-state index is 13.0. The van der Waals surface area contributed by atoms with E-state index in [-0.39, 0.29) is 5.82 Å². The Labute approximate surface area is 117 Å². The second-order valence-corrected chi connectivity index (χ2v) is 5.43. The molecule has 0 radical (unpaired) electrons. The number of fused-ring (bicyclic) bond motifs is 1. The van der Waals surface area contributed by atoms with Crippen molar-refractivity contribution in [1.82, 2.24) is 4.98 Å². The number of hydrogen-bond acceptors (Lipinski definition) is 4. The van der Waals surface area contributed by atoms with E-state index in [1.807, 2.05) is 12.1 Å². The fraction of sp³-hybridized carbons (Fsp3) is 0. The first-order valence-electron chi connectivity index (χ1n) is 5.50. The number of benzene rings is 2. The van der Waals surface area contributed by atoms with Crippen LogP contribution in [0.5, 0.6) is 0 Å². The molecule has 19 heavy (non-hydrogen) atoms. The van der Waals surface area contributed by atoms with E-state index < -0.39 is 0 Å². The summed E-state index contributed by atoms with van der Waals surface area (Å²) in [7, 11) is 0. The third-order valence-electron chi connectivity index (χ3n) is 2.59. The first-order chi connectivity index (χ1) is 9.11. The Balaban J connectivity index is 1.96. The summed E-state index contributed by atoms with van der Waals surface area (Å²) < 4.78 is 13.9. The molecule has 0 amide bonds. The van der Waals surface area contributed by atoms with E-state index >= 15 is 0 Å². The van der Waals surface area contributed by atoms with Gasteiger partial charge in [0.05, 0.1) is 20.9 Å². The molecule has 3 nitrogen and oxygen atoms in total.